The molecule has 1 aromatic carbocycles. The first-order chi connectivity index (χ1) is 9.56. The fourth-order valence-electron chi connectivity index (χ4n) is 3.78. The van der Waals surface area contributed by atoms with Crippen molar-refractivity contribution in [2.24, 2.45) is 5.41 Å². The molecule has 106 valence electrons. The van der Waals surface area contributed by atoms with Crippen LogP contribution in [0.3, 0.4) is 0 Å². The van der Waals surface area contributed by atoms with Gasteiger partial charge < -0.3 is 9.80 Å². The van der Waals surface area contributed by atoms with E-state index in [1.54, 1.807) is 6.92 Å². The summed E-state index contributed by atoms with van der Waals surface area (Å²) in [4.78, 5) is 27.6. The van der Waals surface area contributed by atoms with Crippen molar-refractivity contribution >= 4 is 11.8 Å². The van der Waals surface area contributed by atoms with Gasteiger partial charge in [-0.15, -0.1) is 0 Å². The molecule has 1 aromatic rings. The van der Waals surface area contributed by atoms with Gasteiger partial charge in [-0.25, -0.2) is 0 Å². The summed E-state index contributed by atoms with van der Waals surface area (Å²) >= 11 is 0. The lowest BCUT2D eigenvalue weighted by molar-refractivity contribution is -0.177. The summed E-state index contributed by atoms with van der Waals surface area (Å²) in [5, 5.41) is 0. The summed E-state index contributed by atoms with van der Waals surface area (Å²) in [5.74, 6) is 0.339. The molecular formula is C16H20N2O2. The Hall–Kier alpha value is -1.84. The van der Waals surface area contributed by atoms with E-state index in [1.807, 2.05) is 35.0 Å². The van der Waals surface area contributed by atoms with Gasteiger partial charge in [0.25, 0.3) is 0 Å². The van der Waals surface area contributed by atoms with Gasteiger partial charge >= 0.3 is 0 Å². The molecule has 0 aliphatic carbocycles. The molecule has 0 N–H and O–H groups in total. The molecule has 2 aliphatic rings. The number of benzene rings is 1. The van der Waals surface area contributed by atoms with Crippen LogP contribution >= 0.6 is 0 Å². The Bertz CT molecular complexity index is 533. The van der Waals surface area contributed by atoms with Gasteiger partial charge in [0.05, 0.1) is 11.5 Å². The Morgan fingerprint density at radius 1 is 1.20 bits per heavy atom. The van der Waals surface area contributed by atoms with Crippen LogP contribution in [0.15, 0.2) is 30.3 Å². The van der Waals surface area contributed by atoms with Crippen LogP contribution in [0, 0.1) is 5.41 Å². The van der Waals surface area contributed by atoms with Crippen LogP contribution in [0.2, 0.25) is 0 Å². The molecule has 1 spiro atoms. The minimum Gasteiger partial charge on any atom is -0.343 e. The topological polar surface area (TPSA) is 40.6 Å². The number of nitrogens with zero attached hydrogens (tertiary/aromatic N) is 2. The Kier molecular flexibility index (Phi) is 3.04. The van der Waals surface area contributed by atoms with Gasteiger partial charge in [0.2, 0.25) is 11.8 Å². The van der Waals surface area contributed by atoms with Crippen molar-refractivity contribution in [3.8, 4) is 0 Å². The van der Waals surface area contributed by atoms with Crippen molar-refractivity contribution in [2.75, 3.05) is 20.1 Å². The van der Waals surface area contributed by atoms with Crippen molar-refractivity contribution in [1.82, 2.24) is 9.80 Å². The fourth-order valence-corrected chi connectivity index (χ4v) is 3.78. The van der Waals surface area contributed by atoms with E-state index in [2.05, 4.69) is 12.1 Å². The summed E-state index contributed by atoms with van der Waals surface area (Å²) in [6, 6.07) is 10.4. The van der Waals surface area contributed by atoms with Gasteiger partial charge in [-0.05, 0) is 18.4 Å². The van der Waals surface area contributed by atoms with Crippen LogP contribution in [-0.2, 0) is 9.59 Å². The van der Waals surface area contributed by atoms with E-state index in [0.717, 1.165) is 12.8 Å². The molecule has 0 saturated carbocycles. The SMILES string of the molecule is CC(=O)N1CCC2(CC1)C(=O)N(C)[C@H]2c1ccccc1. The average Bonchev–Trinajstić information content (AvgIpc) is 2.48. The van der Waals surface area contributed by atoms with E-state index in [9.17, 15) is 9.59 Å². The highest BCUT2D eigenvalue weighted by Crippen LogP contribution is 2.55. The van der Waals surface area contributed by atoms with Crippen molar-refractivity contribution in [1.29, 1.82) is 0 Å². The molecule has 2 amide bonds. The standard InChI is InChI=1S/C16H20N2O2/c1-12(19)18-10-8-16(9-11-18)14(17(2)15(16)20)13-6-4-3-5-7-13/h3-7,14H,8-11H2,1-2H3/t14-/m0/s1. The summed E-state index contributed by atoms with van der Waals surface area (Å²) in [5.41, 5.74) is 0.910. The zero-order chi connectivity index (χ0) is 14.3. The highest BCUT2D eigenvalue weighted by Gasteiger charge is 2.60. The van der Waals surface area contributed by atoms with Gasteiger partial charge in [-0.3, -0.25) is 9.59 Å². The molecule has 2 saturated heterocycles. The van der Waals surface area contributed by atoms with Gasteiger partial charge in [0, 0.05) is 27.1 Å². The number of hydrogen-bond donors (Lipinski definition) is 0. The molecule has 4 nitrogen and oxygen atoms in total. The molecule has 0 aromatic heterocycles. The Morgan fingerprint density at radius 3 is 2.35 bits per heavy atom. The smallest absolute Gasteiger partial charge is 0.231 e. The van der Waals surface area contributed by atoms with E-state index in [0.29, 0.717) is 13.1 Å². The molecule has 4 heteroatoms. The number of amides is 2. The van der Waals surface area contributed by atoms with Crippen LogP contribution in [-0.4, -0.2) is 41.8 Å². The maximum atomic E-state index is 12.4. The molecule has 0 radical (unpaired) electrons. The van der Waals surface area contributed by atoms with Crippen LogP contribution in [0.25, 0.3) is 0 Å². The first-order valence-electron chi connectivity index (χ1n) is 7.14. The normalized spacial score (nSPS) is 24.7. The van der Waals surface area contributed by atoms with E-state index in [4.69, 9.17) is 0 Å². The molecular weight excluding hydrogens is 252 g/mol. The molecule has 0 unspecified atom stereocenters. The summed E-state index contributed by atoms with van der Waals surface area (Å²) in [6.07, 6.45) is 1.55. The molecule has 2 aliphatic heterocycles. The minimum absolute atomic E-state index is 0.108. The maximum Gasteiger partial charge on any atom is 0.231 e. The third-order valence-corrected chi connectivity index (χ3v) is 4.87. The minimum atomic E-state index is -0.290. The second-order valence-electron chi connectivity index (χ2n) is 5.89. The van der Waals surface area contributed by atoms with E-state index in [1.165, 1.54) is 5.56 Å². The zero-order valence-electron chi connectivity index (χ0n) is 12.0. The average molecular weight is 272 g/mol. The number of β-lactam (4-membered cyclic amide) rings is 1. The van der Waals surface area contributed by atoms with E-state index < -0.39 is 0 Å². The van der Waals surface area contributed by atoms with Crippen molar-refractivity contribution in [3.05, 3.63) is 35.9 Å². The predicted molar refractivity (Wildman–Crippen MR) is 75.9 cm³/mol. The quantitative estimate of drug-likeness (QED) is 0.732. The highest BCUT2D eigenvalue weighted by atomic mass is 16.2. The number of likely N-dealkylation sites (tertiary alicyclic amines) is 2. The predicted octanol–water partition coefficient (Wildman–Crippen LogP) is 1.83. The Labute approximate surface area is 119 Å². The van der Waals surface area contributed by atoms with Gasteiger partial charge in [-0.1, -0.05) is 30.3 Å². The number of piperidine rings is 1. The largest absolute Gasteiger partial charge is 0.343 e. The first kappa shape index (κ1) is 13.2. The first-order valence-corrected chi connectivity index (χ1v) is 7.14. The van der Waals surface area contributed by atoms with Crippen LogP contribution in [0.5, 0.6) is 0 Å². The van der Waals surface area contributed by atoms with Crippen molar-refractivity contribution < 1.29 is 9.59 Å². The molecule has 3 rings (SSSR count). The van der Waals surface area contributed by atoms with E-state index in [-0.39, 0.29) is 23.3 Å². The lowest BCUT2D eigenvalue weighted by Crippen LogP contribution is -2.65. The maximum absolute atomic E-state index is 12.4. The lowest BCUT2D eigenvalue weighted by Gasteiger charge is -2.57. The third kappa shape index (κ3) is 1.74. The van der Waals surface area contributed by atoms with E-state index >= 15 is 0 Å². The summed E-state index contributed by atoms with van der Waals surface area (Å²) in [7, 11) is 1.88. The molecule has 20 heavy (non-hydrogen) atoms. The molecule has 2 fully saturated rings. The number of carbonyl (C=O) groups excluding carboxylic acids is 2. The molecule has 2 heterocycles. The second-order valence-corrected chi connectivity index (χ2v) is 5.89. The zero-order valence-corrected chi connectivity index (χ0v) is 12.0. The van der Waals surface area contributed by atoms with Gasteiger partial charge in [0.1, 0.15) is 0 Å². The van der Waals surface area contributed by atoms with Crippen molar-refractivity contribution in [2.45, 2.75) is 25.8 Å². The monoisotopic (exact) mass is 272 g/mol. The number of hydrogen-bond acceptors (Lipinski definition) is 2. The van der Waals surface area contributed by atoms with Crippen LogP contribution in [0.1, 0.15) is 31.4 Å². The lowest BCUT2D eigenvalue weighted by atomic mass is 9.62. The highest BCUT2D eigenvalue weighted by molar-refractivity contribution is 5.91. The Balaban J connectivity index is 1.85. The number of carbonyl (C=O) groups is 2. The van der Waals surface area contributed by atoms with Gasteiger partial charge in [-0.2, -0.15) is 0 Å². The molecule has 1 atom stereocenters. The number of rotatable bonds is 1. The van der Waals surface area contributed by atoms with Gasteiger partial charge in [0.15, 0.2) is 0 Å². The summed E-state index contributed by atoms with van der Waals surface area (Å²) in [6.45, 7) is 2.98. The molecule has 0 bridgehead atoms. The van der Waals surface area contributed by atoms with Crippen molar-refractivity contribution in [3.63, 3.8) is 0 Å². The Morgan fingerprint density at radius 2 is 1.80 bits per heavy atom. The second kappa shape index (κ2) is 4.62. The van der Waals surface area contributed by atoms with Crippen LogP contribution < -0.4 is 0 Å². The van der Waals surface area contributed by atoms with Crippen LogP contribution in [0.4, 0.5) is 0 Å². The third-order valence-electron chi connectivity index (χ3n) is 4.87. The summed E-state index contributed by atoms with van der Waals surface area (Å²) < 4.78 is 0. The fraction of sp³-hybridized carbons (Fsp3) is 0.500.